The number of hydrogen-bond acceptors (Lipinski definition) is 1. The van der Waals surface area contributed by atoms with Crippen LogP contribution in [0.1, 0.15) is 64.2 Å². The van der Waals surface area contributed by atoms with Gasteiger partial charge in [-0.25, -0.2) is 0 Å². The van der Waals surface area contributed by atoms with E-state index in [0.717, 1.165) is 11.8 Å². The van der Waals surface area contributed by atoms with Gasteiger partial charge in [-0.05, 0) is 31.1 Å². The fraction of sp³-hybridized carbons (Fsp3) is 1.00. The highest BCUT2D eigenvalue weighted by molar-refractivity contribution is 4.82. The minimum Gasteiger partial charge on any atom is -0.327 e. The van der Waals surface area contributed by atoms with Crippen molar-refractivity contribution in [2.45, 2.75) is 70.3 Å². The molecule has 2 fully saturated rings. The van der Waals surface area contributed by atoms with Gasteiger partial charge in [0.05, 0.1) is 0 Å². The van der Waals surface area contributed by atoms with Crippen LogP contribution in [0.5, 0.6) is 0 Å². The molecule has 2 saturated carbocycles. The largest absolute Gasteiger partial charge is 0.327 e. The topological polar surface area (TPSA) is 26.0 Å². The van der Waals surface area contributed by atoms with Crippen molar-refractivity contribution < 1.29 is 0 Å². The molecular formula is C13H25N. The zero-order valence-electron chi connectivity index (χ0n) is 9.38. The molecule has 0 bridgehead atoms. The molecular weight excluding hydrogens is 170 g/mol. The van der Waals surface area contributed by atoms with Crippen LogP contribution in [0.25, 0.3) is 0 Å². The lowest BCUT2D eigenvalue weighted by Crippen LogP contribution is -2.31. The highest BCUT2D eigenvalue weighted by Gasteiger charge is 2.27. The van der Waals surface area contributed by atoms with Gasteiger partial charge in [-0.15, -0.1) is 0 Å². The van der Waals surface area contributed by atoms with E-state index in [1.165, 1.54) is 64.2 Å². The lowest BCUT2D eigenvalue weighted by Gasteiger charge is -2.25. The van der Waals surface area contributed by atoms with Crippen molar-refractivity contribution >= 4 is 0 Å². The van der Waals surface area contributed by atoms with Gasteiger partial charge < -0.3 is 5.73 Å². The molecule has 0 spiro atoms. The van der Waals surface area contributed by atoms with Gasteiger partial charge in [-0.1, -0.05) is 44.9 Å². The Morgan fingerprint density at radius 3 is 2.00 bits per heavy atom. The zero-order valence-corrected chi connectivity index (χ0v) is 9.38. The third-order valence-electron chi connectivity index (χ3n) is 4.06. The van der Waals surface area contributed by atoms with Crippen LogP contribution < -0.4 is 5.73 Å². The minimum atomic E-state index is 0.528. The highest BCUT2D eigenvalue weighted by atomic mass is 14.7. The van der Waals surface area contributed by atoms with Crippen LogP contribution in [-0.2, 0) is 0 Å². The lowest BCUT2D eigenvalue weighted by atomic mass is 9.84. The SMILES string of the molecule is NC(CC1CC1)C1CCCCCCC1. The molecule has 1 heteroatoms. The minimum absolute atomic E-state index is 0.528. The first-order chi connectivity index (χ1) is 6.86. The van der Waals surface area contributed by atoms with Gasteiger partial charge in [0.15, 0.2) is 0 Å². The Morgan fingerprint density at radius 2 is 1.43 bits per heavy atom. The maximum Gasteiger partial charge on any atom is 0.00697 e. The average molecular weight is 195 g/mol. The molecule has 1 nitrogen and oxygen atoms in total. The first-order valence-corrected chi connectivity index (χ1v) is 6.62. The van der Waals surface area contributed by atoms with E-state index in [-0.39, 0.29) is 0 Å². The summed E-state index contributed by atoms with van der Waals surface area (Å²) in [6.45, 7) is 0. The Hall–Kier alpha value is -0.0400. The first kappa shape index (κ1) is 10.5. The van der Waals surface area contributed by atoms with E-state index in [1.807, 2.05) is 0 Å². The number of hydrogen-bond donors (Lipinski definition) is 1. The Bertz CT molecular complexity index is 155. The Kier molecular flexibility index (Phi) is 3.86. The van der Waals surface area contributed by atoms with Gasteiger partial charge >= 0.3 is 0 Å². The molecule has 0 aliphatic heterocycles. The molecule has 0 saturated heterocycles. The van der Waals surface area contributed by atoms with Crippen LogP contribution in [0.15, 0.2) is 0 Å². The van der Waals surface area contributed by atoms with E-state index in [4.69, 9.17) is 5.73 Å². The standard InChI is InChI=1S/C13H25N/c14-13(10-11-8-9-11)12-6-4-2-1-3-5-7-12/h11-13H,1-10,14H2. The van der Waals surface area contributed by atoms with E-state index in [9.17, 15) is 0 Å². The third kappa shape index (κ3) is 3.27. The number of rotatable bonds is 3. The summed E-state index contributed by atoms with van der Waals surface area (Å²) in [5, 5.41) is 0. The highest BCUT2D eigenvalue weighted by Crippen LogP contribution is 2.36. The van der Waals surface area contributed by atoms with Crippen molar-refractivity contribution in [3.8, 4) is 0 Å². The first-order valence-electron chi connectivity index (χ1n) is 6.62. The Labute approximate surface area is 88.4 Å². The Morgan fingerprint density at radius 1 is 0.857 bits per heavy atom. The molecule has 1 unspecified atom stereocenters. The second kappa shape index (κ2) is 5.16. The molecule has 2 N–H and O–H groups in total. The van der Waals surface area contributed by atoms with E-state index >= 15 is 0 Å². The van der Waals surface area contributed by atoms with Crippen molar-refractivity contribution in [1.82, 2.24) is 0 Å². The molecule has 0 heterocycles. The van der Waals surface area contributed by atoms with Gasteiger partial charge in [0.2, 0.25) is 0 Å². The van der Waals surface area contributed by atoms with Gasteiger partial charge in [0, 0.05) is 6.04 Å². The number of nitrogens with two attached hydrogens (primary N) is 1. The molecule has 0 radical (unpaired) electrons. The van der Waals surface area contributed by atoms with Crippen LogP contribution in [-0.4, -0.2) is 6.04 Å². The van der Waals surface area contributed by atoms with Crippen molar-refractivity contribution in [1.29, 1.82) is 0 Å². The molecule has 14 heavy (non-hydrogen) atoms. The van der Waals surface area contributed by atoms with Crippen molar-refractivity contribution in [3.05, 3.63) is 0 Å². The summed E-state index contributed by atoms with van der Waals surface area (Å²) in [5.74, 6) is 1.87. The third-order valence-corrected chi connectivity index (χ3v) is 4.06. The molecule has 0 amide bonds. The smallest absolute Gasteiger partial charge is 0.00697 e. The zero-order chi connectivity index (χ0) is 9.80. The second-order valence-corrected chi connectivity index (χ2v) is 5.45. The fourth-order valence-corrected chi connectivity index (χ4v) is 2.85. The predicted octanol–water partition coefficient (Wildman–Crippen LogP) is 3.47. The predicted molar refractivity (Wildman–Crippen MR) is 61.1 cm³/mol. The molecule has 2 rings (SSSR count). The molecule has 0 aromatic heterocycles. The summed E-state index contributed by atoms with van der Waals surface area (Å²) in [4.78, 5) is 0. The molecule has 82 valence electrons. The normalized spacial score (nSPS) is 28.1. The van der Waals surface area contributed by atoms with Crippen molar-refractivity contribution in [3.63, 3.8) is 0 Å². The fourth-order valence-electron chi connectivity index (χ4n) is 2.85. The maximum atomic E-state index is 6.31. The van der Waals surface area contributed by atoms with Crippen LogP contribution in [0.3, 0.4) is 0 Å². The maximum absolute atomic E-state index is 6.31. The van der Waals surface area contributed by atoms with Gasteiger partial charge in [-0.2, -0.15) is 0 Å². The van der Waals surface area contributed by atoms with Crippen LogP contribution >= 0.6 is 0 Å². The summed E-state index contributed by atoms with van der Waals surface area (Å²) < 4.78 is 0. The quantitative estimate of drug-likeness (QED) is 0.733. The van der Waals surface area contributed by atoms with E-state index < -0.39 is 0 Å². The Balaban J connectivity index is 1.73. The average Bonchev–Trinajstić information content (AvgIpc) is 2.86. The summed E-state index contributed by atoms with van der Waals surface area (Å²) in [6, 6.07) is 0.528. The van der Waals surface area contributed by atoms with E-state index in [1.54, 1.807) is 0 Å². The molecule has 0 aromatic rings. The van der Waals surface area contributed by atoms with E-state index in [2.05, 4.69) is 0 Å². The van der Waals surface area contributed by atoms with E-state index in [0.29, 0.717) is 6.04 Å². The van der Waals surface area contributed by atoms with Gasteiger partial charge in [-0.3, -0.25) is 0 Å². The van der Waals surface area contributed by atoms with Crippen LogP contribution in [0, 0.1) is 11.8 Å². The summed E-state index contributed by atoms with van der Waals surface area (Å²) in [5.41, 5.74) is 6.31. The van der Waals surface area contributed by atoms with Gasteiger partial charge in [0.25, 0.3) is 0 Å². The monoisotopic (exact) mass is 195 g/mol. The molecule has 1 atom stereocenters. The van der Waals surface area contributed by atoms with Gasteiger partial charge in [0.1, 0.15) is 0 Å². The van der Waals surface area contributed by atoms with Crippen molar-refractivity contribution in [2.75, 3.05) is 0 Å². The molecule has 2 aliphatic rings. The van der Waals surface area contributed by atoms with Crippen LogP contribution in [0.2, 0.25) is 0 Å². The molecule has 2 aliphatic carbocycles. The van der Waals surface area contributed by atoms with Crippen LogP contribution in [0.4, 0.5) is 0 Å². The second-order valence-electron chi connectivity index (χ2n) is 5.45. The summed E-state index contributed by atoms with van der Waals surface area (Å²) >= 11 is 0. The summed E-state index contributed by atoms with van der Waals surface area (Å²) in [7, 11) is 0. The summed E-state index contributed by atoms with van der Waals surface area (Å²) in [6.07, 6.45) is 14.3. The lowest BCUT2D eigenvalue weighted by molar-refractivity contribution is 0.306. The van der Waals surface area contributed by atoms with Crippen molar-refractivity contribution in [2.24, 2.45) is 17.6 Å². The molecule has 0 aromatic carbocycles.